The largest absolute Gasteiger partial charge is 0.523 e. The summed E-state index contributed by atoms with van der Waals surface area (Å²) < 4.78 is 97.2. The number of hydrogen-bond acceptors (Lipinski definition) is 3. The summed E-state index contributed by atoms with van der Waals surface area (Å²) >= 11 is 0. The quantitative estimate of drug-likeness (QED) is 0.486. The minimum Gasteiger partial charge on any atom is -0.263 e. The van der Waals surface area contributed by atoms with Crippen molar-refractivity contribution in [2.24, 2.45) is 0 Å². The molecule has 1 aromatic carbocycles. The van der Waals surface area contributed by atoms with Gasteiger partial charge < -0.3 is 0 Å². The molecule has 1 aromatic rings. The fourth-order valence-corrected chi connectivity index (χ4v) is 1.63. The van der Waals surface area contributed by atoms with Crippen LogP contribution in [0, 0.1) is 0 Å². The molecule has 0 amide bonds. The van der Waals surface area contributed by atoms with Crippen molar-refractivity contribution in [3.63, 3.8) is 0 Å². The number of rotatable bonds is 4. The third kappa shape index (κ3) is 4.37. The molecule has 20 heavy (non-hydrogen) atoms. The summed E-state index contributed by atoms with van der Waals surface area (Å²) in [6.07, 6.45) is -4.79. The van der Waals surface area contributed by atoms with Gasteiger partial charge in [-0.05, 0) is 24.1 Å². The number of halogens is 6. The summed E-state index contributed by atoms with van der Waals surface area (Å²) in [7, 11) is -5.68. The van der Waals surface area contributed by atoms with E-state index in [2.05, 4.69) is 4.18 Å². The van der Waals surface area contributed by atoms with Crippen molar-refractivity contribution in [2.75, 3.05) is 6.61 Å². The van der Waals surface area contributed by atoms with Crippen LogP contribution in [-0.4, -0.2) is 20.5 Å². The van der Waals surface area contributed by atoms with Crippen LogP contribution in [0.15, 0.2) is 24.3 Å². The molecular weight excluding hydrogens is 314 g/mol. The zero-order valence-corrected chi connectivity index (χ0v) is 10.4. The van der Waals surface area contributed by atoms with Crippen molar-refractivity contribution in [2.45, 2.75) is 18.1 Å². The molecule has 0 aliphatic carbocycles. The maximum Gasteiger partial charge on any atom is 0.523 e. The minimum absolute atomic E-state index is 0.218. The van der Waals surface area contributed by atoms with Gasteiger partial charge in [0.15, 0.2) is 0 Å². The lowest BCUT2D eigenvalue weighted by atomic mass is 10.1. The van der Waals surface area contributed by atoms with E-state index in [1.807, 2.05) is 0 Å². The van der Waals surface area contributed by atoms with Crippen LogP contribution in [0.4, 0.5) is 26.3 Å². The number of hydrogen-bond donors (Lipinski definition) is 0. The van der Waals surface area contributed by atoms with Gasteiger partial charge in [-0.2, -0.15) is 34.8 Å². The van der Waals surface area contributed by atoms with E-state index in [4.69, 9.17) is 0 Å². The van der Waals surface area contributed by atoms with Gasteiger partial charge in [-0.3, -0.25) is 4.18 Å². The highest BCUT2D eigenvalue weighted by atomic mass is 32.2. The second kappa shape index (κ2) is 5.60. The van der Waals surface area contributed by atoms with Crippen LogP contribution in [0.1, 0.15) is 11.1 Å². The highest BCUT2D eigenvalue weighted by Crippen LogP contribution is 2.29. The van der Waals surface area contributed by atoms with E-state index in [1.165, 1.54) is 0 Å². The van der Waals surface area contributed by atoms with Crippen molar-refractivity contribution >= 4 is 10.1 Å². The third-order valence-electron chi connectivity index (χ3n) is 2.19. The first-order valence-corrected chi connectivity index (χ1v) is 6.46. The van der Waals surface area contributed by atoms with Crippen molar-refractivity contribution in [3.05, 3.63) is 35.4 Å². The molecule has 3 nitrogen and oxygen atoms in total. The molecule has 0 aliphatic heterocycles. The molecule has 0 saturated carbocycles. The van der Waals surface area contributed by atoms with Gasteiger partial charge in [-0.1, -0.05) is 12.1 Å². The van der Waals surface area contributed by atoms with Gasteiger partial charge in [-0.25, -0.2) is 0 Å². The predicted octanol–water partition coefficient (Wildman–Crippen LogP) is 3.11. The van der Waals surface area contributed by atoms with Crippen LogP contribution in [0.5, 0.6) is 0 Å². The van der Waals surface area contributed by atoms with Crippen LogP contribution in [0.2, 0.25) is 0 Å². The van der Waals surface area contributed by atoms with E-state index in [1.54, 1.807) is 0 Å². The monoisotopic (exact) mass is 322 g/mol. The first-order chi connectivity index (χ1) is 8.93. The third-order valence-corrected chi connectivity index (χ3v) is 3.24. The molecule has 0 saturated heterocycles. The fraction of sp³-hybridized carbons (Fsp3) is 0.400. The van der Waals surface area contributed by atoms with Gasteiger partial charge in [0.05, 0.1) is 12.2 Å². The standard InChI is InChI=1S/C10H8F6O3S/c11-9(12,13)8-3-1-7(2-4-8)5-6-19-20(17,18)10(14,15)16/h1-4H,5-6H2. The van der Waals surface area contributed by atoms with E-state index in [-0.39, 0.29) is 12.0 Å². The molecule has 114 valence electrons. The van der Waals surface area contributed by atoms with E-state index in [0.717, 1.165) is 24.3 Å². The van der Waals surface area contributed by atoms with Gasteiger partial charge in [0, 0.05) is 0 Å². The van der Waals surface area contributed by atoms with Gasteiger partial charge >= 0.3 is 21.8 Å². The van der Waals surface area contributed by atoms with Gasteiger partial charge in [0.25, 0.3) is 0 Å². The minimum atomic E-state index is -5.68. The Kier molecular flexibility index (Phi) is 4.70. The summed E-state index contributed by atoms with van der Waals surface area (Å²) in [4.78, 5) is 0. The summed E-state index contributed by atoms with van der Waals surface area (Å²) in [5, 5.41) is 0. The van der Waals surface area contributed by atoms with Crippen molar-refractivity contribution in [1.82, 2.24) is 0 Å². The van der Waals surface area contributed by atoms with Crippen LogP contribution in [-0.2, 0) is 26.9 Å². The Balaban J connectivity index is 2.60. The lowest BCUT2D eigenvalue weighted by Gasteiger charge is -2.09. The SMILES string of the molecule is O=S(=O)(OCCc1ccc(C(F)(F)F)cc1)C(F)(F)F. The number of benzene rings is 1. The molecule has 0 aliphatic rings. The average molecular weight is 322 g/mol. The number of alkyl halides is 6. The Morgan fingerprint density at radius 1 is 0.950 bits per heavy atom. The highest BCUT2D eigenvalue weighted by Gasteiger charge is 2.47. The molecule has 10 heteroatoms. The molecule has 0 atom stereocenters. The predicted molar refractivity (Wildman–Crippen MR) is 56.1 cm³/mol. The van der Waals surface area contributed by atoms with E-state index >= 15 is 0 Å². The fourth-order valence-electron chi connectivity index (χ4n) is 1.20. The molecule has 0 bridgehead atoms. The van der Waals surface area contributed by atoms with Crippen LogP contribution in [0.3, 0.4) is 0 Å². The lowest BCUT2D eigenvalue weighted by molar-refractivity contribution is -0.137. The molecule has 0 aromatic heterocycles. The molecule has 0 heterocycles. The lowest BCUT2D eigenvalue weighted by Crippen LogP contribution is -2.26. The topological polar surface area (TPSA) is 43.4 Å². The van der Waals surface area contributed by atoms with Gasteiger partial charge in [0.1, 0.15) is 0 Å². The Hall–Kier alpha value is -1.29. The van der Waals surface area contributed by atoms with Crippen LogP contribution < -0.4 is 0 Å². The summed E-state index contributed by atoms with van der Waals surface area (Å²) in [6.45, 7) is -0.812. The molecule has 0 unspecified atom stereocenters. The highest BCUT2D eigenvalue weighted by molar-refractivity contribution is 7.87. The van der Waals surface area contributed by atoms with Gasteiger partial charge in [-0.15, -0.1) is 0 Å². The Morgan fingerprint density at radius 3 is 1.85 bits per heavy atom. The summed E-state index contributed by atoms with van der Waals surface area (Å²) in [5.74, 6) is 0. The van der Waals surface area contributed by atoms with Crippen LogP contribution in [0.25, 0.3) is 0 Å². The van der Waals surface area contributed by atoms with E-state index in [0.29, 0.717) is 0 Å². The summed E-state index contributed by atoms with van der Waals surface area (Å²) in [6, 6.07) is 3.56. The summed E-state index contributed by atoms with van der Waals surface area (Å²) in [5.41, 5.74) is -6.21. The van der Waals surface area contributed by atoms with Crippen LogP contribution >= 0.6 is 0 Å². The average Bonchev–Trinajstić information content (AvgIpc) is 2.26. The smallest absolute Gasteiger partial charge is 0.263 e. The maximum absolute atomic E-state index is 12.2. The molecular formula is C10H8F6O3S. The van der Waals surface area contributed by atoms with Gasteiger partial charge in [0.2, 0.25) is 0 Å². The molecule has 0 radical (unpaired) electrons. The second-order valence-corrected chi connectivity index (χ2v) is 5.27. The molecule has 0 spiro atoms. The molecule has 1 rings (SSSR count). The normalized spacial score (nSPS) is 13.5. The Labute approximate surface area is 110 Å². The van der Waals surface area contributed by atoms with E-state index < -0.39 is 34.0 Å². The zero-order valence-electron chi connectivity index (χ0n) is 9.62. The van der Waals surface area contributed by atoms with Crippen molar-refractivity contribution < 1.29 is 38.9 Å². The first kappa shape index (κ1) is 16.8. The van der Waals surface area contributed by atoms with E-state index in [9.17, 15) is 34.8 Å². The first-order valence-electron chi connectivity index (χ1n) is 5.05. The zero-order chi connectivity index (χ0) is 15.6. The Bertz CT molecular complexity index is 544. The van der Waals surface area contributed by atoms with Crippen molar-refractivity contribution in [1.29, 1.82) is 0 Å². The maximum atomic E-state index is 12.2. The second-order valence-electron chi connectivity index (χ2n) is 3.67. The van der Waals surface area contributed by atoms with Crippen molar-refractivity contribution in [3.8, 4) is 0 Å². The molecule has 0 fully saturated rings. The molecule has 0 N–H and O–H groups in total. The Morgan fingerprint density at radius 2 is 1.45 bits per heavy atom.